The summed E-state index contributed by atoms with van der Waals surface area (Å²) in [6, 6.07) is 3.52. The average molecular weight is 289 g/mol. The zero-order valence-electron chi connectivity index (χ0n) is 10.7. The van der Waals surface area contributed by atoms with E-state index in [-0.39, 0.29) is 12.6 Å². The molecule has 0 aliphatic carbocycles. The van der Waals surface area contributed by atoms with E-state index in [2.05, 4.69) is 6.92 Å². The number of aliphatic hydroxyl groups is 1. The van der Waals surface area contributed by atoms with Crippen molar-refractivity contribution in [2.75, 3.05) is 13.2 Å². The third-order valence-electron chi connectivity index (χ3n) is 3.28. The average Bonchev–Trinajstić information content (AvgIpc) is 2.86. The summed E-state index contributed by atoms with van der Waals surface area (Å²) in [4.78, 5) is 0.913. The van der Waals surface area contributed by atoms with Crippen molar-refractivity contribution >= 4 is 21.4 Å². The molecule has 1 N–H and O–H groups in total. The fraction of sp³-hybridized carbons (Fsp3) is 0.667. The van der Waals surface area contributed by atoms with Gasteiger partial charge in [-0.2, -0.15) is 4.31 Å². The Kier molecular flexibility index (Phi) is 4.11. The minimum Gasteiger partial charge on any atom is -0.396 e. The first-order valence-corrected chi connectivity index (χ1v) is 8.42. The molecule has 18 heavy (non-hydrogen) atoms. The molecule has 4 nitrogen and oxygen atoms in total. The Labute approximate surface area is 112 Å². The molecule has 0 aromatic carbocycles. The van der Waals surface area contributed by atoms with Crippen molar-refractivity contribution in [3.8, 4) is 0 Å². The highest BCUT2D eigenvalue weighted by Crippen LogP contribution is 2.32. The van der Waals surface area contributed by atoms with Gasteiger partial charge in [-0.15, -0.1) is 11.3 Å². The lowest BCUT2D eigenvalue weighted by molar-refractivity contribution is 0.300. The number of aliphatic hydroxyl groups excluding tert-OH is 1. The van der Waals surface area contributed by atoms with Gasteiger partial charge in [0.2, 0.25) is 0 Å². The molecule has 0 saturated carbocycles. The normalized spacial score (nSPS) is 25.7. The third kappa shape index (κ3) is 2.61. The van der Waals surface area contributed by atoms with E-state index in [0.717, 1.165) is 11.3 Å². The van der Waals surface area contributed by atoms with Gasteiger partial charge in [-0.25, -0.2) is 8.42 Å². The lowest BCUT2D eigenvalue weighted by atomic mass is 10.1. The van der Waals surface area contributed by atoms with Crippen LogP contribution in [0.15, 0.2) is 16.3 Å². The first-order chi connectivity index (χ1) is 8.45. The van der Waals surface area contributed by atoms with E-state index in [4.69, 9.17) is 5.11 Å². The Morgan fingerprint density at radius 2 is 2.17 bits per heavy atom. The second-order valence-electron chi connectivity index (χ2n) is 4.96. The summed E-state index contributed by atoms with van der Waals surface area (Å²) in [6.45, 7) is 4.70. The predicted octanol–water partition coefficient (Wildman–Crippen LogP) is 1.70. The highest BCUT2D eigenvalue weighted by molar-refractivity contribution is 7.91. The molecule has 1 saturated heterocycles. The molecule has 102 valence electrons. The molecule has 1 aliphatic heterocycles. The van der Waals surface area contributed by atoms with Gasteiger partial charge in [-0.05, 0) is 31.4 Å². The Hall–Kier alpha value is -0.430. The van der Waals surface area contributed by atoms with Crippen LogP contribution in [-0.2, 0) is 16.4 Å². The molecule has 6 heteroatoms. The van der Waals surface area contributed by atoms with E-state index >= 15 is 0 Å². The molecule has 2 heterocycles. The summed E-state index contributed by atoms with van der Waals surface area (Å²) in [6.07, 6.45) is 1.44. The second kappa shape index (κ2) is 5.28. The number of hydrogen-bond donors (Lipinski definition) is 1. The Balaban J connectivity index is 2.24. The van der Waals surface area contributed by atoms with Gasteiger partial charge in [-0.1, -0.05) is 6.92 Å². The van der Waals surface area contributed by atoms with Crippen LogP contribution in [0.5, 0.6) is 0 Å². The molecule has 2 unspecified atom stereocenters. The van der Waals surface area contributed by atoms with E-state index in [1.165, 1.54) is 11.3 Å². The van der Waals surface area contributed by atoms with Crippen LogP contribution in [-0.4, -0.2) is 37.0 Å². The molecule has 1 fully saturated rings. The zero-order chi connectivity index (χ0) is 13.3. The van der Waals surface area contributed by atoms with Gasteiger partial charge in [-0.3, -0.25) is 0 Å². The van der Waals surface area contributed by atoms with Crippen LogP contribution >= 0.6 is 11.3 Å². The SMILES string of the molecule is CC1CC(C)N(S(=O)(=O)c2ccc(CCO)s2)C1. The maximum absolute atomic E-state index is 12.5. The maximum atomic E-state index is 12.5. The van der Waals surface area contributed by atoms with Crippen LogP contribution in [0.3, 0.4) is 0 Å². The standard InChI is InChI=1S/C12H19NO3S2/c1-9-7-10(2)13(8-9)18(15,16)12-4-3-11(17-12)5-6-14/h3-4,9-10,14H,5-8H2,1-2H3. The molecular weight excluding hydrogens is 270 g/mol. The van der Waals surface area contributed by atoms with Gasteiger partial charge >= 0.3 is 0 Å². The number of sulfonamides is 1. The monoisotopic (exact) mass is 289 g/mol. The zero-order valence-corrected chi connectivity index (χ0v) is 12.3. The number of rotatable bonds is 4. The lowest BCUT2D eigenvalue weighted by Crippen LogP contribution is -2.33. The molecule has 1 aliphatic rings. The van der Waals surface area contributed by atoms with E-state index in [1.54, 1.807) is 16.4 Å². The number of nitrogens with zero attached hydrogens (tertiary/aromatic N) is 1. The highest BCUT2D eigenvalue weighted by atomic mass is 32.2. The molecule has 1 aromatic heterocycles. The fourth-order valence-corrected chi connectivity index (χ4v) is 5.69. The summed E-state index contributed by atoms with van der Waals surface area (Å²) in [5, 5.41) is 8.87. The number of thiophene rings is 1. The van der Waals surface area contributed by atoms with Crippen LogP contribution in [0.2, 0.25) is 0 Å². The van der Waals surface area contributed by atoms with Crippen molar-refractivity contribution < 1.29 is 13.5 Å². The number of hydrogen-bond acceptors (Lipinski definition) is 4. The smallest absolute Gasteiger partial charge is 0.252 e. The summed E-state index contributed by atoms with van der Waals surface area (Å²) < 4.78 is 27.0. The van der Waals surface area contributed by atoms with Crippen molar-refractivity contribution in [3.05, 3.63) is 17.0 Å². The van der Waals surface area contributed by atoms with Crippen molar-refractivity contribution in [3.63, 3.8) is 0 Å². The first-order valence-electron chi connectivity index (χ1n) is 6.16. The van der Waals surface area contributed by atoms with Gasteiger partial charge in [0, 0.05) is 30.5 Å². The van der Waals surface area contributed by atoms with Gasteiger partial charge in [0.25, 0.3) is 10.0 Å². The topological polar surface area (TPSA) is 57.6 Å². The summed E-state index contributed by atoms with van der Waals surface area (Å²) >= 11 is 1.26. The van der Waals surface area contributed by atoms with Crippen molar-refractivity contribution in [1.29, 1.82) is 0 Å². The summed E-state index contributed by atoms with van der Waals surface area (Å²) in [5.41, 5.74) is 0. The first kappa shape index (κ1) is 14.0. The van der Waals surface area contributed by atoms with Crippen LogP contribution in [0, 0.1) is 5.92 Å². The third-order valence-corrected chi connectivity index (χ3v) is 6.88. The Morgan fingerprint density at radius 1 is 1.44 bits per heavy atom. The summed E-state index contributed by atoms with van der Waals surface area (Å²) in [7, 11) is -3.35. The molecule has 0 radical (unpaired) electrons. The molecule has 1 aromatic rings. The van der Waals surface area contributed by atoms with Crippen LogP contribution in [0.1, 0.15) is 25.1 Å². The molecular formula is C12H19NO3S2. The van der Waals surface area contributed by atoms with E-state index in [1.807, 2.05) is 6.92 Å². The minimum absolute atomic E-state index is 0.0527. The van der Waals surface area contributed by atoms with Gasteiger partial charge in [0.15, 0.2) is 0 Å². The van der Waals surface area contributed by atoms with Gasteiger partial charge < -0.3 is 5.11 Å². The van der Waals surface area contributed by atoms with E-state index in [9.17, 15) is 8.42 Å². The van der Waals surface area contributed by atoms with Crippen molar-refractivity contribution in [2.45, 2.75) is 36.9 Å². The summed E-state index contributed by atoms with van der Waals surface area (Å²) in [5.74, 6) is 0.423. The second-order valence-corrected chi connectivity index (χ2v) is 8.24. The highest BCUT2D eigenvalue weighted by Gasteiger charge is 2.36. The minimum atomic E-state index is -3.35. The van der Waals surface area contributed by atoms with E-state index in [0.29, 0.717) is 23.1 Å². The van der Waals surface area contributed by atoms with Gasteiger partial charge in [0.1, 0.15) is 4.21 Å². The Bertz CT molecular complexity index is 509. The molecule has 0 amide bonds. The van der Waals surface area contributed by atoms with Crippen molar-refractivity contribution in [2.24, 2.45) is 5.92 Å². The van der Waals surface area contributed by atoms with E-state index < -0.39 is 10.0 Å². The lowest BCUT2D eigenvalue weighted by Gasteiger charge is -2.19. The van der Waals surface area contributed by atoms with Crippen LogP contribution < -0.4 is 0 Å². The van der Waals surface area contributed by atoms with Gasteiger partial charge in [0.05, 0.1) is 0 Å². The quantitative estimate of drug-likeness (QED) is 0.918. The fourth-order valence-electron chi connectivity index (χ4n) is 2.45. The molecule has 2 rings (SSSR count). The van der Waals surface area contributed by atoms with Crippen LogP contribution in [0.25, 0.3) is 0 Å². The Morgan fingerprint density at radius 3 is 2.72 bits per heavy atom. The maximum Gasteiger partial charge on any atom is 0.252 e. The molecule has 2 atom stereocenters. The molecule has 0 spiro atoms. The molecule has 0 bridgehead atoms. The van der Waals surface area contributed by atoms with Crippen molar-refractivity contribution in [1.82, 2.24) is 4.31 Å². The predicted molar refractivity (Wildman–Crippen MR) is 72.2 cm³/mol. The largest absolute Gasteiger partial charge is 0.396 e. The van der Waals surface area contributed by atoms with Crippen LogP contribution in [0.4, 0.5) is 0 Å².